The van der Waals surface area contributed by atoms with Gasteiger partial charge in [-0.05, 0) is 12.1 Å². The van der Waals surface area contributed by atoms with Crippen LogP contribution in [-0.4, -0.2) is 37.9 Å². The largest absolute Gasteiger partial charge is 0.573 e. The van der Waals surface area contributed by atoms with Crippen molar-refractivity contribution in [2.75, 3.05) is 19.7 Å². The summed E-state index contributed by atoms with van der Waals surface area (Å²) in [5.41, 5.74) is -0.0843. The number of Topliss-reactive ketones (excluding diaryl/α,β-unsaturated/α-hetero) is 1. The predicted molar refractivity (Wildman–Crippen MR) is 64.7 cm³/mol. The number of morpholine rings is 1. The molecular weight excluding hydrogens is 275 g/mol. The van der Waals surface area contributed by atoms with Gasteiger partial charge in [-0.15, -0.1) is 13.2 Å². The zero-order valence-electron chi connectivity index (χ0n) is 10.6. The summed E-state index contributed by atoms with van der Waals surface area (Å²) in [7, 11) is 0. The molecule has 110 valence electrons. The number of carbonyl (C=O) groups is 1. The quantitative estimate of drug-likeness (QED) is 0.863. The third-order valence-electron chi connectivity index (χ3n) is 2.83. The van der Waals surface area contributed by atoms with Crippen molar-refractivity contribution in [2.24, 2.45) is 0 Å². The second kappa shape index (κ2) is 6.23. The van der Waals surface area contributed by atoms with Gasteiger partial charge in [-0.25, -0.2) is 0 Å². The van der Waals surface area contributed by atoms with E-state index in [1.54, 1.807) is 0 Å². The minimum Gasteiger partial charge on any atom is -0.405 e. The number of hydrogen-bond donors (Lipinski definition) is 1. The fraction of sp³-hybridized carbons (Fsp3) is 0.462. The number of alkyl halides is 3. The van der Waals surface area contributed by atoms with Gasteiger partial charge >= 0.3 is 6.36 Å². The number of rotatable bonds is 4. The van der Waals surface area contributed by atoms with Crippen LogP contribution in [0.3, 0.4) is 0 Å². The standard InChI is InChI=1S/C13H14F3NO3/c14-13(15,16)20-12-4-2-1-3-10(12)11(18)7-9-8-17-5-6-19-9/h1-4,9,17H,5-8H2. The van der Waals surface area contributed by atoms with Gasteiger partial charge in [0.15, 0.2) is 5.78 Å². The van der Waals surface area contributed by atoms with Gasteiger partial charge in [-0.3, -0.25) is 4.79 Å². The monoisotopic (exact) mass is 289 g/mol. The van der Waals surface area contributed by atoms with E-state index in [9.17, 15) is 18.0 Å². The molecule has 1 unspecified atom stereocenters. The molecule has 1 heterocycles. The van der Waals surface area contributed by atoms with Crippen LogP contribution in [0, 0.1) is 0 Å². The average molecular weight is 289 g/mol. The van der Waals surface area contributed by atoms with Gasteiger partial charge in [-0.2, -0.15) is 0 Å². The van der Waals surface area contributed by atoms with Crippen LogP contribution in [0.5, 0.6) is 5.75 Å². The Morgan fingerprint density at radius 3 is 2.80 bits per heavy atom. The van der Waals surface area contributed by atoms with Crippen LogP contribution in [-0.2, 0) is 4.74 Å². The molecule has 0 aromatic heterocycles. The molecular formula is C13H14F3NO3. The minimum atomic E-state index is -4.82. The smallest absolute Gasteiger partial charge is 0.405 e. The van der Waals surface area contributed by atoms with E-state index in [0.717, 1.165) is 6.07 Å². The van der Waals surface area contributed by atoms with Gasteiger partial charge in [0.25, 0.3) is 0 Å². The molecule has 1 N–H and O–H groups in total. The third-order valence-corrected chi connectivity index (χ3v) is 2.83. The average Bonchev–Trinajstić information content (AvgIpc) is 2.38. The van der Waals surface area contributed by atoms with E-state index < -0.39 is 17.9 Å². The highest BCUT2D eigenvalue weighted by Crippen LogP contribution is 2.27. The highest BCUT2D eigenvalue weighted by atomic mass is 19.4. The summed E-state index contributed by atoms with van der Waals surface area (Å²) in [4.78, 5) is 12.1. The number of ketones is 1. The first-order valence-corrected chi connectivity index (χ1v) is 6.16. The Morgan fingerprint density at radius 1 is 1.40 bits per heavy atom. The van der Waals surface area contributed by atoms with Crippen molar-refractivity contribution < 1.29 is 27.4 Å². The number of carbonyl (C=O) groups excluding carboxylic acids is 1. The lowest BCUT2D eigenvalue weighted by atomic mass is 10.0. The molecule has 0 spiro atoms. The first-order chi connectivity index (χ1) is 9.46. The molecule has 0 saturated carbocycles. The first-order valence-electron chi connectivity index (χ1n) is 6.16. The van der Waals surface area contributed by atoms with Gasteiger partial charge in [0.2, 0.25) is 0 Å². The molecule has 0 bridgehead atoms. The van der Waals surface area contributed by atoms with Crippen LogP contribution in [0.4, 0.5) is 13.2 Å². The lowest BCUT2D eigenvalue weighted by Gasteiger charge is -2.23. The maximum atomic E-state index is 12.3. The summed E-state index contributed by atoms with van der Waals surface area (Å²) in [6, 6.07) is 5.33. The Morgan fingerprint density at radius 2 is 2.15 bits per heavy atom. The van der Waals surface area contributed by atoms with E-state index >= 15 is 0 Å². The molecule has 20 heavy (non-hydrogen) atoms. The topological polar surface area (TPSA) is 47.6 Å². The Labute approximate surface area is 113 Å². The molecule has 1 aliphatic rings. The van der Waals surface area contributed by atoms with Crippen molar-refractivity contribution in [3.63, 3.8) is 0 Å². The van der Waals surface area contributed by atoms with Crippen molar-refractivity contribution >= 4 is 5.78 Å². The van der Waals surface area contributed by atoms with Crippen molar-refractivity contribution in [1.82, 2.24) is 5.32 Å². The van der Waals surface area contributed by atoms with Crippen LogP contribution >= 0.6 is 0 Å². The third kappa shape index (κ3) is 4.21. The molecule has 7 heteroatoms. The first kappa shape index (κ1) is 14.8. The van der Waals surface area contributed by atoms with Crippen LogP contribution in [0.15, 0.2) is 24.3 Å². The zero-order valence-corrected chi connectivity index (χ0v) is 10.6. The minimum absolute atomic E-state index is 0.0191. The van der Waals surface area contributed by atoms with Crippen LogP contribution in [0.2, 0.25) is 0 Å². The van der Waals surface area contributed by atoms with Crippen molar-refractivity contribution in [3.8, 4) is 5.75 Å². The van der Waals surface area contributed by atoms with Crippen LogP contribution in [0.1, 0.15) is 16.8 Å². The molecule has 4 nitrogen and oxygen atoms in total. The van der Waals surface area contributed by atoms with Gasteiger partial charge in [0.05, 0.1) is 18.3 Å². The molecule has 1 fully saturated rings. The fourth-order valence-electron chi connectivity index (χ4n) is 1.98. The fourth-order valence-corrected chi connectivity index (χ4v) is 1.98. The maximum Gasteiger partial charge on any atom is 0.573 e. The Kier molecular flexibility index (Phi) is 4.61. The molecule has 1 aromatic rings. The molecule has 1 saturated heterocycles. The second-order valence-corrected chi connectivity index (χ2v) is 4.37. The SMILES string of the molecule is O=C(CC1CNCCO1)c1ccccc1OC(F)(F)F. The number of para-hydroxylation sites is 1. The van der Waals surface area contributed by atoms with E-state index in [-0.39, 0.29) is 18.1 Å². The Hall–Kier alpha value is -1.60. The summed E-state index contributed by atoms with van der Waals surface area (Å²) in [5, 5.41) is 3.06. The lowest BCUT2D eigenvalue weighted by Crippen LogP contribution is -2.39. The zero-order chi connectivity index (χ0) is 14.6. The Bertz CT molecular complexity index is 470. The van der Waals surface area contributed by atoms with Gasteiger partial charge < -0.3 is 14.8 Å². The number of benzene rings is 1. The highest BCUT2D eigenvalue weighted by Gasteiger charge is 2.33. The van der Waals surface area contributed by atoms with E-state index in [0.29, 0.717) is 19.7 Å². The van der Waals surface area contributed by atoms with Crippen molar-refractivity contribution in [3.05, 3.63) is 29.8 Å². The summed E-state index contributed by atoms with van der Waals surface area (Å²) in [5.74, 6) is -0.910. The van der Waals surface area contributed by atoms with Crippen LogP contribution < -0.4 is 10.1 Å². The van der Waals surface area contributed by atoms with Crippen LogP contribution in [0.25, 0.3) is 0 Å². The normalized spacial score (nSPS) is 19.6. The molecule has 1 aromatic carbocycles. The van der Waals surface area contributed by atoms with E-state index in [2.05, 4.69) is 10.1 Å². The summed E-state index contributed by atoms with van der Waals surface area (Å²) < 4.78 is 46.1. The number of ether oxygens (including phenoxy) is 2. The van der Waals surface area contributed by atoms with Crippen molar-refractivity contribution in [2.45, 2.75) is 18.9 Å². The molecule has 1 aliphatic heterocycles. The molecule has 0 amide bonds. The van der Waals surface area contributed by atoms with Gasteiger partial charge in [0, 0.05) is 19.5 Å². The highest BCUT2D eigenvalue weighted by molar-refractivity contribution is 5.98. The molecule has 2 rings (SSSR count). The molecule has 0 radical (unpaired) electrons. The number of hydrogen-bond acceptors (Lipinski definition) is 4. The van der Waals surface area contributed by atoms with Gasteiger partial charge in [-0.1, -0.05) is 12.1 Å². The number of halogens is 3. The molecule has 1 atom stereocenters. The van der Waals surface area contributed by atoms with Crippen molar-refractivity contribution in [1.29, 1.82) is 0 Å². The second-order valence-electron chi connectivity index (χ2n) is 4.37. The van der Waals surface area contributed by atoms with E-state index in [4.69, 9.17) is 4.74 Å². The summed E-state index contributed by atoms with van der Waals surface area (Å²) >= 11 is 0. The summed E-state index contributed by atoms with van der Waals surface area (Å²) in [6.07, 6.45) is -5.12. The van der Waals surface area contributed by atoms with Gasteiger partial charge in [0.1, 0.15) is 5.75 Å². The maximum absolute atomic E-state index is 12.3. The lowest BCUT2D eigenvalue weighted by molar-refractivity contribution is -0.274. The molecule has 0 aliphatic carbocycles. The van der Waals surface area contributed by atoms with E-state index in [1.807, 2.05) is 0 Å². The van der Waals surface area contributed by atoms with E-state index in [1.165, 1.54) is 18.2 Å². The summed E-state index contributed by atoms with van der Waals surface area (Å²) in [6.45, 7) is 1.70. The Balaban J connectivity index is 2.08. The predicted octanol–water partition coefficient (Wildman–Crippen LogP) is 2.15. The number of nitrogens with one attached hydrogen (secondary N) is 1.